The largest absolute Gasteiger partial charge is 0.342 e. The molecule has 1 aliphatic heterocycles. The van der Waals surface area contributed by atoms with Crippen LogP contribution in [0, 0.1) is 6.92 Å². The predicted octanol–water partition coefficient (Wildman–Crippen LogP) is 2.28. The van der Waals surface area contributed by atoms with Crippen LogP contribution in [0.2, 0.25) is 0 Å². The Morgan fingerprint density at radius 1 is 1.17 bits per heavy atom. The van der Waals surface area contributed by atoms with Crippen LogP contribution in [0.3, 0.4) is 0 Å². The van der Waals surface area contributed by atoms with Gasteiger partial charge in [0.15, 0.2) is 0 Å². The van der Waals surface area contributed by atoms with Gasteiger partial charge in [-0.2, -0.15) is 0 Å². The van der Waals surface area contributed by atoms with E-state index >= 15 is 0 Å². The van der Waals surface area contributed by atoms with Crippen molar-refractivity contribution in [1.82, 2.24) is 25.1 Å². The predicted molar refractivity (Wildman–Crippen MR) is 99.1 cm³/mol. The number of nitrogens with one attached hydrogen (secondary N) is 2. The Morgan fingerprint density at radius 2 is 1.88 bits per heavy atom. The maximum Gasteiger partial charge on any atom is 0.137 e. The quantitative estimate of drug-likeness (QED) is 0.854. The van der Waals surface area contributed by atoms with Gasteiger partial charge in [-0.05, 0) is 20.5 Å². The summed E-state index contributed by atoms with van der Waals surface area (Å²) in [6.07, 6.45) is 0. The van der Waals surface area contributed by atoms with Crippen LogP contribution in [0.1, 0.15) is 24.4 Å². The van der Waals surface area contributed by atoms with Crippen LogP contribution in [0.25, 0.3) is 11.4 Å². The number of aromatic amines is 1. The Hall–Kier alpha value is -1.69. The second-order valence-electron chi connectivity index (χ2n) is 6.51. The second-order valence-corrected chi connectivity index (χ2v) is 6.51. The lowest BCUT2D eigenvalue weighted by Crippen LogP contribution is -2.49. The third-order valence-electron chi connectivity index (χ3n) is 4.98. The highest BCUT2D eigenvalue weighted by Crippen LogP contribution is 2.26. The van der Waals surface area contributed by atoms with Crippen LogP contribution < -0.4 is 5.32 Å². The van der Waals surface area contributed by atoms with Gasteiger partial charge in [0.1, 0.15) is 5.82 Å². The van der Waals surface area contributed by atoms with E-state index in [1.165, 1.54) is 11.4 Å². The fourth-order valence-corrected chi connectivity index (χ4v) is 3.51. The van der Waals surface area contributed by atoms with Crippen LogP contribution in [0.15, 0.2) is 30.3 Å². The van der Waals surface area contributed by atoms with E-state index in [0.717, 1.165) is 50.7 Å². The average Bonchev–Trinajstić information content (AvgIpc) is 3.02. The molecule has 1 atom stereocenters. The van der Waals surface area contributed by atoms with E-state index in [2.05, 4.69) is 58.2 Å². The average molecular weight is 327 g/mol. The smallest absolute Gasteiger partial charge is 0.137 e. The molecule has 130 valence electrons. The monoisotopic (exact) mass is 327 g/mol. The molecule has 1 aliphatic rings. The topological polar surface area (TPSA) is 47.2 Å². The number of aromatic nitrogens is 2. The van der Waals surface area contributed by atoms with E-state index in [1.807, 2.05) is 13.1 Å². The molecule has 2 heterocycles. The number of rotatable bonds is 6. The number of H-pyrrole nitrogens is 1. The molecule has 2 aromatic rings. The molecule has 1 unspecified atom stereocenters. The van der Waals surface area contributed by atoms with Crippen molar-refractivity contribution in [3.8, 4) is 11.4 Å². The molecule has 1 aromatic carbocycles. The van der Waals surface area contributed by atoms with E-state index in [9.17, 15) is 0 Å². The Bertz CT molecular complexity index is 628. The molecule has 0 aliphatic carbocycles. The summed E-state index contributed by atoms with van der Waals surface area (Å²) < 4.78 is 0. The van der Waals surface area contributed by atoms with Crippen molar-refractivity contribution in [2.24, 2.45) is 0 Å². The molecule has 0 bridgehead atoms. The van der Waals surface area contributed by atoms with Gasteiger partial charge >= 0.3 is 0 Å². The van der Waals surface area contributed by atoms with Crippen LogP contribution in [-0.2, 0) is 0 Å². The van der Waals surface area contributed by atoms with Crippen molar-refractivity contribution in [2.75, 3.05) is 46.3 Å². The van der Waals surface area contributed by atoms with Gasteiger partial charge in [-0.3, -0.25) is 4.90 Å². The normalized spacial score (nSPS) is 18.0. The molecule has 5 heteroatoms. The summed E-state index contributed by atoms with van der Waals surface area (Å²) in [6.45, 7) is 10.9. The number of likely N-dealkylation sites (N-methyl/N-ethyl adjacent to an activating group) is 2. The van der Waals surface area contributed by atoms with Crippen LogP contribution >= 0.6 is 0 Å². The zero-order chi connectivity index (χ0) is 16.9. The zero-order valence-corrected chi connectivity index (χ0v) is 15.0. The highest BCUT2D eigenvalue weighted by Gasteiger charge is 2.27. The highest BCUT2D eigenvalue weighted by atomic mass is 15.3. The zero-order valence-electron chi connectivity index (χ0n) is 15.0. The van der Waals surface area contributed by atoms with Gasteiger partial charge in [-0.1, -0.05) is 37.3 Å². The number of imidazole rings is 1. The SMILES string of the molecule is CCN1CCN(C(CNC)c2nc(-c3ccccc3)[nH]c2C)CC1. The number of hydrogen-bond donors (Lipinski definition) is 2. The highest BCUT2D eigenvalue weighted by molar-refractivity contribution is 5.55. The molecule has 1 saturated heterocycles. The van der Waals surface area contributed by atoms with Crippen molar-refractivity contribution in [1.29, 1.82) is 0 Å². The molecule has 24 heavy (non-hydrogen) atoms. The minimum absolute atomic E-state index is 0.322. The first-order chi connectivity index (χ1) is 11.7. The van der Waals surface area contributed by atoms with E-state index in [-0.39, 0.29) is 0 Å². The van der Waals surface area contributed by atoms with Crippen molar-refractivity contribution in [3.63, 3.8) is 0 Å². The lowest BCUT2D eigenvalue weighted by Gasteiger charge is -2.38. The molecule has 1 fully saturated rings. The number of aryl methyl sites for hydroxylation is 1. The standard InChI is InChI=1S/C19H29N5/c1-4-23-10-12-24(13-11-23)17(14-20-3)18-15(2)21-19(22-18)16-8-6-5-7-9-16/h5-9,17,20H,4,10-14H2,1-3H3,(H,21,22). The molecule has 2 N–H and O–H groups in total. The lowest BCUT2D eigenvalue weighted by atomic mass is 10.1. The molecule has 1 aromatic heterocycles. The number of piperazine rings is 1. The van der Waals surface area contributed by atoms with Gasteiger partial charge in [-0.25, -0.2) is 4.98 Å². The lowest BCUT2D eigenvalue weighted by molar-refractivity contribution is 0.0973. The summed E-state index contributed by atoms with van der Waals surface area (Å²) in [5.41, 5.74) is 3.49. The van der Waals surface area contributed by atoms with Crippen molar-refractivity contribution in [3.05, 3.63) is 41.7 Å². The fraction of sp³-hybridized carbons (Fsp3) is 0.526. The summed E-state index contributed by atoms with van der Waals surface area (Å²) in [5.74, 6) is 0.969. The first-order valence-corrected chi connectivity index (χ1v) is 8.95. The van der Waals surface area contributed by atoms with Gasteiger partial charge < -0.3 is 15.2 Å². The molecule has 0 spiro atoms. The molecule has 0 radical (unpaired) electrons. The van der Waals surface area contributed by atoms with Crippen LogP contribution in [0.5, 0.6) is 0 Å². The molecular formula is C19H29N5. The number of hydrogen-bond acceptors (Lipinski definition) is 4. The summed E-state index contributed by atoms with van der Waals surface area (Å²) >= 11 is 0. The third kappa shape index (κ3) is 3.69. The Morgan fingerprint density at radius 3 is 2.50 bits per heavy atom. The third-order valence-corrected chi connectivity index (χ3v) is 4.98. The van der Waals surface area contributed by atoms with E-state index in [1.54, 1.807) is 0 Å². The maximum atomic E-state index is 4.96. The molecule has 0 saturated carbocycles. The minimum atomic E-state index is 0.322. The summed E-state index contributed by atoms with van der Waals surface area (Å²) in [4.78, 5) is 13.5. The fourth-order valence-electron chi connectivity index (χ4n) is 3.51. The van der Waals surface area contributed by atoms with E-state index in [4.69, 9.17) is 4.98 Å². The maximum absolute atomic E-state index is 4.96. The summed E-state index contributed by atoms with van der Waals surface area (Å²) in [7, 11) is 2.02. The van der Waals surface area contributed by atoms with Gasteiger partial charge in [0, 0.05) is 44.0 Å². The van der Waals surface area contributed by atoms with Gasteiger partial charge in [-0.15, -0.1) is 0 Å². The number of nitrogens with zero attached hydrogens (tertiary/aromatic N) is 3. The Labute approximate surface area is 145 Å². The molecule has 0 amide bonds. The summed E-state index contributed by atoms with van der Waals surface area (Å²) in [5, 5.41) is 3.36. The molecule has 5 nitrogen and oxygen atoms in total. The Balaban J connectivity index is 1.82. The van der Waals surface area contributed by atoms with Gasteiger partial charge in [0.05, 0.1) is 11.7 Å². The van der Waals surface area contributed by atoms with Crippen molar-refractivity contribution < 1.29 is 0 Å². The van der Waals surface area contributed by atoms with Crippen molar-refractivity contribution >= 4 is 0 Å². The first kappa shape index (κ1) is 17.1. The van der Waals surface area contributed by atoms with Crippen LogP contribution in [-0.4, -0.2) is 66.1 Å². The van der Waals surface area contributed by atoms with Crippen LogP contribution in [0.4, 0.5) is 0 Å². The Kier molecular flexibility index (Phi) is 5.66. The van der Waals surface area contributed by atoms with E-state index in [0.29, 0.717) is 6.04 Å². The van der Waals surface area contributed by atoms with Gasteiger partial charge in [0.2, 0.25) is 0 Å². The second kappa shape index (κ2) is 7.92. The molecular weight excluding hydrogens is 298 g/mol. The molecule has 3 rings (SSSR count). The number of benzene rings is 1. The minimum Gasteiger partial charge on any atom is -0.342 e. The first-order valence-electron chi connectivity index (χ1n) is 8.95. The van der Waals surface area contributed by atoms with Crippen molar-refractivity contribution in [2.45, 2.75) is 19.9 Å². The van der Waals surface area contributed by atoms with Gasteiger partial charge in [0.25, 0.3) is 0 Å². The van der Waals surface area contributed by atoms with E-state index < -0.39 is 0 Å². The summed E-state index contributed by atoms with van der Waals surface area (Å²) in [6, 6.07) is 10.7.